The van der Waals surface area contributed by atoms with E-state index in [-0.39, 0.29) is 0 Å². The van der Waals surface area contributed by atoms with Crippen LogP contribution in [0, 0.1) is 0 Å². The van der Waals surface area contributed by atoms with Gasteiger partial charge in [0.15, 0.2) is 0 Å². The highest BCUT2D eigenvalue weighted by Crippen LogP contribution is 2.27. The van der Waals surface area contributed by atoms with Gasteiger partial charge in [0, 0.05) is 13.1 Å². The van der Waals surface area contributed by atoms with Crippen LogP contribution in [0.2, 0.25) is 0 Å². The molecular formula is C10H25N3O2. The van der Waals surface area contributed by atoms with Crippen molar-refractivity contribution in [3.63, 3.8) is 0 Å². The lowest BCUT2D eigenvalue weighted by atomic mass is 9.90. The number of nitrogens with two attached hydrogens (primary N) is 1. The van der Waals surface area contributed by atoms with Crippen molar-refractivity contribution < 1.29 is 10.2 Å². The standard InChI is InChI=1S/C10H25N3O2/c1-5-6-9(2,13(3)4)10(14,15)12-8-7-11/h12,14-15H,5-8,11H2,1-4H3. The molecular weight excluding hydrogens is 194 g/mol. The first kappa shape index (κ1) is 14.8. The molecule has 0 saturated carbocycles. The highest BCUT2D eigenvalue weighted by atomic mass is 16.5. The number of nitrogens with one attached hydrogen (secondary N) is 1. The molecule has 0 fully saturated rings. The van der Waals surface area contributed by atoms with Gasteiger partial charge in [0.1, 0.15) is 0 Å². The van der Waals surface area contributed by atoms with Gasteiger partial charge in [-0.2, -0.15) is 0 Å². The Morgan fingerprint density at radius 3 is 2.20 bits per heavy atom. The highest BCUT2D eigenvalue weighted by Gasteiger charge is 2.46. The second kappa shape index (κ2) is 5.77. The smallest absolute Gasteiger partial charge is 0.241 e. The van der Waals surface area contributed by atoms with E-state index < -0.39 is 11.4 Å². The van der Waals surface area contributed by atoms with Crippen LogP contribution >= 0.6 is 0 Å². The summed E-state index contributed by atoms with van der Waals surface area (Å²) in [4.78, 5) is 1.82. The van der Waals surface area contributed by atoms with Crippen LogP contribution < -0.4 is 11.1 Å². The van der Waals surface area contributed by atoms with Crippen LogP contribution in [0.4, 0.5) is 0 Å². The van der Waals surface area contributed by atoms with Crippen molar-refractivity contribution in [1.82, 2.24) is 10.2 Å². The summed E-state index contributed by atoms with van der Waals surface area (Å²) >= 11 is 0. The average molecular weight is 219 g/mol. The summed E-state index contributed by atoms with van der Waals surface area (Å²) in [5.74, 6) is -1.92. The number of nitrogens with zero attached hydrogens (tertiary/aromatic N) is 1. The molecule has 0 aromatic rings. The predicted molar refractivity (Wildman–Crippen MR) is 61.2 cm³/mol. The maximum Gasteiger partial charge on any atom is 0.241 e. The van der Waals surface area contributed by atoms with Gasteiger partial charge in [-0.1, -0.05) is 13.3 Å². The molecule has 1 unspecified atom stereocenters. The summed E-state index contributed by atoms with van der Waals surface area (Å²) in [6.07, 6.45) is 1.56. The molecule has 5 heteroatoms. The fourth-order valence-electron chi connectivity index (χ4n) is 1.63. The minimum Gasteiger partial charge on any atom is -0.352 e. The second-order valence-corrected chi connectivity index (χ2v) is 4.31. The Bertz CT molecular complexity index is 186. The monoisotopic (exact) mass is 219 g/mol. The molecule has 0 aromatic carbocycles. The Balaban J connectivity index is 4.72. The van der Waals surface area contributed by atoms with Crippen molar-refractivity contribution >= 4 is 0 Å². The molecule has 0 amide bonds. The van der Waals surface area contributed by atoms with E-state index >= 15 is 0 Å². The molecule has 0 aromatic heterocycles. The summed E-state index contributed by atoms with van der Waals surface area (Å²) in [7, 11) is 3.67. The third-order valence-electron chi connectivity index (χ3n) is 2.99. The summed E-state index contributed by atoms with van der Waals surface area (Å²) < 4.78 is 0. The summed E-state index contributed by atoms with van der Waals surface area (Å²) in [5, 5.41) is 22.7. The quantitative estimate of drug-likeness (QED) is 0.425. The third-order valence-corrected chi connectivity index (χ3v) is 2.99. The SMILES string of the molecule is CCCC(C)(N(C)C)C(O)(O)NCCN. The van der Waals surface area contributed by atoms with Crippen LogP contribution in [0.5, 0.6) is 0 Å². The Morgan fingerprint density at radius 2 is 1.87 bits per heavy atom. The van der Waals surface area contributed by atoms with Crippen LogP contribution in [0.1, 0.15) is 26.7 Å². The zero-order chi connectivity index (χ0) is 12.1. The zero-order valence-corrected chi connectivity index (χ0v) is 10.2. The van der Waals surface area contributed by atoms with Gasteiger partial charge in [0.25, 0.3) is 0 Å². The largest absolute Gasteiger partial charge is 0.352 e. The molecule has 1 atom stereocenters. The predicted octanol–water partition coefficient (Wildman–Crippen LogP) is -0.706. The van der Waals surface area contributed by atoms with E-state index in [0.717, 1.165) is 6.42 Å². The molecule has 0 saturated heterocycles. The van der Waals surface area contributed by atoms with Crippen LogP contribution in [-0.4, -0.2) is 53.7 Å². The molecule has 92 valence electrons. The van der Waals surface area contributed by atoms with Gasteiger partial charge in [-0.15, -0.1) is 0 Å². The van der Waals surface area contributed by atoms with E-state index in [1.165, 1.54) is 0 Å². The number of hydrogen-bond acceptors (Lipinski definition) is 5. The normalized spacial score (nSPS) is 16.8. The molecule has 0 aliphatic rings. The van der Waals surface area contributed by atoms with E-state index in [9.17, 15) is 10.2 Å². The van der Waals surface area contributed by atoms with Crippen molar-refractivity contribution in [2.75, 3.05) is 27.2 Å². The first-order valence-electron chi connectivity index (χ1n) is 5.39. The minimum absolute atomic E-state index is 0.374. The Kier molecular flexibility index (Phi) is 5.69. The molecule has 15 heavy (non-hydrogen) atoms. The van der Waals surface area contributed by atoms with Crippen LogP contribution in [-0.2, 0) is 0 Å². The molecule has 0 aliphatic carbocycles. The Morgan fingerprint density at radius 1 is 1.33 bits per heavy atom. The Hall–Kier alpha value is -0.200. The van der Waals surface area contributed by atoms with Crippen LogP contribution in [0.25, 0.3) is 0 Å². The van der Waals surface area contributed by atoms with Gasteiger partial charge in [0.2, 0.25) is 5.91 Å². The summed E-state index contributed by atoms with van der Waals surface area (Å²) in [6.45, 7) is 4.58. The first-order chi connectivity index (χ1) is 6.81. The molecule has 5 nitrogen and oxygen atoms in total. The van der Waals surface area contributed by atoms with Crippen molar-refractivity contribution in [1.29, 1.82) is 0 Å². The van der Waals surface area contributed by atoms with Gasteiger partial charge in [0.05, 0.1) is 5.54 Å². The van der Waals surface area contributed by atoms with Gasteiger partial charge >= 0.3 is 0 Å². The molecule has 0 heterocycles. The first-order valence-corrected chi connectivity index (χ1v) is 5.39. The summed E-state index contributed by atoms with van der Waals surface area (Å²) in [6, 6.07) is 0. The fourth-order valence-corrected chi connectivity index (χ4v) is 1.63. The van der Waals surface area contributed by atoms with Crippen molar-refractivity contribution in [3.05, 3.63) is 0 Å². The van der Waals surface area contributed by atoms with E-state index in [4.69, 9.17) is 5.73 Å². The van der Waals surface area contributed by atoms with E-state index in [2.05, 4.69) is 5.32 Å². The van der Waals surface area contributed by atoms with E-state index in [1.807, 2.05) is 32.8 Å². The molecule has 0 aliphatic heterocycles. The topological polar surface area (TPSA) is 81.8 Å². The van der Waals surface area contributed by atoms with Gasteiger partial charge in [-0.05, 0) is 27.4 Å². The van der Waals surface area contributed by atoms with Crippen molar-refractivity contribution in [2.24, 2.45) is 5.73 Å². The van der Waals surface area contributed by atoms with E-state index in [1.54, 1.807) is 0 Å². The molecule has 5 N–H and O–H groups in total. The lowest BCUT2D eigenvalue weighted by Gasteiger charge is -2.46. The van der Waals surface area contributed by atoms with Gasteiger partial charge < -0.3 is 15.9 Å². The van der Waals surface area contributed by atoms with Gasteiger partial charge in [-0.25, -0.2) is 0 Å². The van der Waals surface area contributed by atoms with Crippen LogP contribution in [0.3, 0.4) is 0 Å². The Labute approximate surface area is 92.3 Å². The average Bonchev–Trinajstić information content (AvgIpc) is 2.14. The molecule has 0 rings (SSSR count). The molecule has 0 radical (unpaired) electrons. The number of rotatable bonds is 7. The third kappa shape index (κ3) is 3.39. The van der Waals surface area contributed by atoms with Crippen LogP contribution in [0.15, 0.2) is 0 Å². The zero-order valence-electron chi connectivity index (χ0n) is 10.2. The molecule has 0 spiro atoms. The molecule has 0 bridgehead atoms. The van der Waals surface area contributed by atoms with Crippen molar-refractivity contribution in [3.8, 4) is 0 Å². The number of aliphatic hydroxyl groups is 2. The minimum atomic E-state index is -1.92. The number of hydrogen-bond donors (Lipinski definition) is 4. The van der Waals surface area contributed by atoms with Gasteiger partial charge in [-0.3, -0.25) is 10.2 Å². The number of likely N-dealkylation sites (N-methyl/N-ethyl adjacent to an activating group) is 1. The summed E-state index contributed by atoms with van der Waals surface area (Å²) in [5.41, 5.74) is 4.61. The second-order valence-electron chi connectivity index (χ2n) is 4.31. The maximum atomic E-state index is 10.0. The van der Waals surface area contributed by atoms with E-state index in [0.29, 0.717) is 19.5 Å². The lowest BCUT2D eigenvalue weighted by Crippen LogP contribution is -2.68. The van der Waals surface area contributed by atoms with Crippen molar-refractivity contribution in [2.45, 2.75) is 38.1 Å². The highest BCUT2D eigenvalue weighted by molar-refractivity contribution is 4.93. The maximum absolute atomic E-state index is 10.0. The lowest BCUT2D eigenvalue weighted by molar-refractivity contribution is -0.260. The fraction of sp³-hybridized carbons (Fsp3) is 1.00.